The summed E-state index contributed by atoms with van der Waals surface area (Å²) in [7, 11) is 1.55. The summed E-state index contributed by atoms with van der Waals surface area (Å²) in [5.41, 5.74) is 2.43. The molecule has 112 valence electrons. The van der Waals surface area contributed by atoms with Gasteiger partial charge < -0.3 is 15.0 Å². The van der Waals surface area contributed by atoms with Gasteiger partial charge in [-0.2, -0.15) is 0 Å². The number of carbonyl (C=O) groups excluding carboxylic acids is 2. The van der Waals surface area contributed by atoms with Gasteiger partial charge in [0.25, 0.3) is 0 Å². The van der Waals surface area contributed by atoms with Crippen molar-refractivity contribution in [3.05, 3.63) is 54.1 Å². The SMILES string of the molecule is COc1cccc(NC(=O)C(=O)N2CCc3ccccc32)c1. The second kappa shape index (κ2) is 5.89. The molecule has 1 heterocycles. The van der Waals surface area contributed by atoms with E-state index in [-0.39, 0.29) is 0 Å². The van der Waals surface area contributed by atoms with Crippen LogP contribution in [0.15, 0.2) is 48.5 Å². The third-order valence-electron chi connectivity index (χ3n) is 3.65. The lowest BCUT2D eigenvalue weighted by Gasteiger charge is -2.16. The highest BCUT2D eigenvalue weighted by Crippen LogP contribution is 2.27. The van der Waals surface area contributed by atoms with Gasteiger partial charge in [-0.3, -0.25) is 9.59 Å². The molecule has 0 radical (unpaired) electrons. The maximum atomic E-state index is 12.3. The van der Waals surface area contributed by atoms with E-state index < -0.39 is 11.8 Å². The van der Waals surface area contributed by atoms with Crippen molar-refractivity contribution in [1.82, 2.24) is 0 Å². The molecule has 1 aliphatic heterocycles. The van der Waals surface area contributed by atoms with E-state index in [1.807, 2.05) is 24.3 Å². The lowest BCUT2D eigenvalue weighted by atomic mass is 10.2. The summed E-state index contributed by atoms with van der Waals surface area (Å²) < 4.78 is 5.10. The van der Waals surface area contributed by atoms with Crippen molar-refractivity contribution in [1.29, 1.82) is 0 Å². The Morgan fingerprint density at radius 1 is 1.14 bits per heavy atom. The van der Waals surface area contributed by atoms with Crippen LogP contribution in [0.4, 0.5) is 11.4 Å². The number of hydrogen-bond acceptors (Lipinski definition) is 3. The van der Waals surface area contributed by atoms with Crippen LogP contribution in [0.1, 0.15) is 5.56 Å². The van der Waals surface area contributed by atoms with Crippen LogP contribution in [0.3, 0.4) is 0 Å². The Labute approximate surface area is 128 Å². The first kappa shape index (κ1) is 14.1. The van der Waals surface area contributed by atoms with E-state index in [1.165, 1.54) is 4.90 Å². The first-order valence-electron chi connectivity index (χ1n) is 7.04. The van der Waals surface area contributed by atoms with Crippen LogP contribution in [0.25, 0.3) is 0 Å². The Balaban J connectivity index is 1.74. The van der Waals surface area contributed by atoms with Crippen molar-refractivity contribution in [3.63, 3.8) is 0 Å². The van der Waals surface area contributed by atoms with Crippen molar-refractivity contribution in [2.45, 2.75) is 6.42 Å². The van der Waals surface area contributed by atoms with E-state index in [1.54, 1.807) is 31.4 Å². The summed E-state index contributed by atoms with van der Waals surface area (Å²) in [5.74, 6) is -0.575. The van der Waals surface area contributed by atoms with Crippen molar-refractivity contribution < 1.29 is 14.3 Å². The van der Waals surface area contributed by atoms with Gasteiger partial charge in [0.1, 0.15) is 5.75 Å². The Morgan fingerprint density at radius 3 is 2.77 bits per heavy atom. The highest BCUT2D eigenvalue weighted by atomic mass is 16.5. The molecule has 5 nitrogen and oxygen atoms in total. The average Bonchev–Trinajstić information content (AvgIpc) is 2.98. The normalized spacial score (nSPS) is 12.7. The predicted molar refractivity (Wildman–Crippen MR) is 84.1 cm³/mol. The average molecular weight is 296 g/mol. The topological polar surface area (TPSA) is 58.6 Å². The Bertz CT molecular complexity index is 727. The van der Waals surface area contributed by atoms with Crippen molar-refractivity contribution >= 4 is 23.2 Å². The Kier molecular flexibility index (Phi) is 3.78. The van der Waals surface area contributed by atoms with Gasteiger partial charge in [0.2, 0.25) is 0 Å². The molecule has 0 saturated carbocycles. The number of benzene rings is 2. The summed E-state index contributed by atoms with van der Waals surface area (Å²) in [4.78, 5) is 26.0. The number of ether oxygens (including phenoxy) is 1. The summed E-state index contributed by atoms with van der Waals surface area (Å²) in [6.07, 6.45) is 0.772. The molecule has 2 aromatic rings. The quantitative estimate of drug-likeness (QED) is 0.865. The lowest BCUT2D eigenvalue weighted by Crippen LogP contribution is -2.38. The molecule has 0 atom stereocenters. The van der Waals surface area contributed by atoms with Crippen LogP contribution >= 0.6 is 0 Å². The molecule has 5 heteroatoms. The van der Waals surface area contributed by atoms with Gasteiger partial charge in [-0.05, 0) is 30.2 Å². The van der Waals surface area contributed by atoms with E-state index in [2.05, 4.69) is 5.32 Å². The summed E-state index contributed by atoms with van der Waals surface area (Å²) in [5, 5.41) is 2.61. The van der Waals surface area contributed by atoms with E-state index >= 15 is 0 Å². The zero-order chi connectivity index (χ0) is 15.5. The fourth-order valence-corrected chi connectivity index (χ4v) is 2.56. The van der Waals surface area contributed by atoms with Gasteiger partial charge in [-0.15, -0.1) is 0 Å². The van der Waals surface area contributed by atoms with Crippen LogP contribution in [0.2, 0.25) is 0 Å². The van der Waals surface area contributed by atoms with Crippen LogP contribution < -0.4 is 15.0 Å². The van der Waals surface area contributed by atoms with Crippen LogP contribution in [0, 0.1) is 0 Å². The molecule has 0 fully saturated rings. The Morgan fingerprint density at radius 2 is 1.95 bits per heavy atom. The zero-order valence-corrected chi connectivity index (χ0v) is 12.2. The van der Waals surface area contributed by atoms with Gasteiger partial charge in [0.05, 0.1) is 7.11 Å². The minimum atomic E-state index is -0.648. The molecule has 3 rings (SSSR count). The number of methoxy groups -OCH3 is 1. The molecular formula is C17H16N2O3. The molecule has 0 aromatic heterocycles. The molecule has 2 amide bonds. The maximum absolute atomic E-state index is 12.3. The minimum Gasteiger partial charge on any atom is -0.497 e. The summed E-state index contributed by atoms with van der Waals surface area (Å²) in [6.45, 7) is 0.531. The number of para-hydroxylation sites is 1. The molecule has 0 bridgehead atoms. The third kappa shape index (κ3) is 2.65. The fraction of sp³-hybridized carbons (Fsp3) is 0.176. The monoisotopic (exact) mass is 296 g/mol. The van der Waals surface area contributed by atoms with Crippen LogP contribution in [-0.4, -0.2) is 25.5 Å². The Hall–Kier alpha value is -2.82. The second-order valence-electron chi connectivity index (χ2n) is 5.02. The molecule has 22 heavy (non-hydrogen) atoms. The largest absolute Gasteiger partial charge is 0.497 e. The molecule has 1 N–H and O–H groups in total. The molecule has 0 spiro atoms. The number of nitrogens with zero attached hydrogens (tertiary/aromatic N) is 1. The highest BCUT2D eigenvalue weighted by Gasteiger charge is 2.28. The van der Waals surface area contributed by atoms with Crippen LogP contribution in [0.5, 0.6) is 5.75 Å². The van der Waals surface area contributed by atoms with Gasteiger partial charge in [-0.1, -0.05) is 24.3 Å². The third-order valence-corrected chi connectivity index (χ3v) is 3.65. The van der Waals surface area contributed by atoms with E-state index in [9.17, 15) is 9.59 Å². The molecule has 0 unspecified atom stereocenters. The molecule has 1 aliphatic rings. The van der Waals surface area contributed by atoms with Gasteiger partial charge in [-0.25, -0.2) is 0 Å². The summed E-state index contributed by atoms with van der Waals surface area (Å²) in [6, 6.07) is 14.5. The van der Waals surface area contributed by atoms with Gasteiger partial charge in [0.15, 0.2) is 0 Å². The smallest absolute Gasteiger partial charge is 0.316 e. The first-order valence-corrected chi connectivity index (χ1v) is 7.04. The fourth-order valence-electron chi connectivity index (χ4n) is 2.56. The highest BCUT2D eigenvalue weighted by molar-refractivity contribution is 6.44. The molecule has 2 aromatic carbocycles. The number of hydrogen-bond donors (Lipinski definition) is 1. The lowest BCUT2D eigenvalue weighted by molar-refractivity contribution is -0.134. The standard InChI is InChI=1S/C17H16N2O3/c1-22-14-7-4-6-13(11-14)18-16(20)17(21)19-10-9-12-5-2-3-8-15(12)19/h2-8,11H,9-10H2,1H3,(H,18,20). The van der Waals surface area contributed by atoms with Gasteiger partial charge in [0, 0.05) is 24.0 Å². The van der Waals surface area contributed by atoms with Gasteiger partial charge >= 0.3 is 11.8 Å². The van der Waals surface area contributed by atoms with E-state index in [0.717, 1.165) is 17.7 Å². The van der Waals surface area contributed by atoms with E-state index in [4.69, 9.17) is 4.74 Å². The first-order chi connectivity index (χ1) is 10.7. The zero-order valence-electron chi connectivity index (χ0n) is 12.2. The van der Waals surface area contributed by atoms with Crippen molar-refractivity contribution in [3.8, 4) is 5.75 Å². The van der Waals surface area contributed by atoms with Crippen molar-refractivity contribution in [2.75, 3.05) is 23.9 Å². The molecule has 0 aliphatic carbocycles. The molecule has 0 saturated heterocycles. The number of fused-ring (bicyclic) bond motifs is 1. The minimum absolute atomic E-state index is 0.531. The number of carbonyl (C=O) groups is 2. The summed E-state index contributed by atoms with van der Waals surface area (Å²) >= 11 is 0. The van der Waals surface area contributed by atoms with Crippen LogP contribution in [-0.2, 0) is 16.0 Å². The predicted octanol–water partition coefficient (Wildman–Crippen LogP) is 2.22. The number of rotatable bonds is 2. The molecular weight excluding hydrogens is 280 g/mol. The number of anilines is 2. The number of nitrogens with one attached hydrogen (secondary N) is 1. The van der Waals surface area contributed by atoms with Crippen molar-refractivity contribution in [2.24, 2.45) is 0 Å². The maximum Gasteiger partial charge on any atom is 0.316 e. The van der Waals surface area contributed by atoms with E-state index in [0.29, 0.717) is 18.0 Å². The number of amides is 2. The second-order valence-corrected chi connectivity index (χ2v) is 5.02.